The number of alkyl halides is 1. The van der Waals surface area contributed by atoms with Crippen molar-refractivity contribution in [1.82, 2.24) is 0 Å². The van der Waals surface area contributed by atoms with Crippen LogP contribution in [0.25, 0.3) is 0 Å². The van der Waals surface area contributed by atoms with Gasteiger partial charge in [-0.05, 0) is 47.7 Å². The zero-order valence-electron chi connectivity index (χ0n) is 11.1. The van der Waals surface area contributed by atoms with Crippen LogP contribution in [-0.2, 0) is 6.42 Å². The van der Waals surface area contributed by atoms with Crippen LogP contribution < -0.4 is 4.74 Å². The summed E-state index contributed by atoms with van der Waals surface area (Å²) in [6, 6.07) is 13.6. The van der Waals surface area contributed by atoms with Crippen molar-refractivity contribution in [2.45, 2.75) is 12.3 Å². The monoisotopic (exact) mass is 372 g/mol. The van der Waals surface area contributed by atoms with E-state index in [1.165, 1.54) is 0 Å². The average Bonchev–Trinajstić information content (AvgIpc) is 2.46. The summed E-state index contributed by atoms with van der Waals surface area (Å²) < 4.78 is 5.40. The fourth-order valence-electron chi connectivity index (χ4n) is 2.23. The van der Waals surface area contributed by atoms with E-state index in [-0.39, 0.29) is 5.92 Å². The van der Waals surface area contributed by atoms with Crippen molar-refractivity contribution in [2.75, 3.05) is 12.4 Å². The fourth-order valence-corrected chi connectivity index (χ4v) is 3.29. The summed E-state index contributed by atoms with van der Waals surface area (Å²) in [5, 5.41) is 2.33. The van der Waals surface area contributed by atoms with Crippen LogP contribution in [0, 0.1) is 0 Å². The molecule has 0 aliphatic carbocycles. The summed E-state index contributed by atoms with van der Waals surface area (Å²) in [6.45, 7) is 0. The Balaban J connectivity index is 2.31. The molecule has 2 aromatic rings. The van der Waals surface area contributed by atoms with Gasteiger partial charge in [0.15, 0.2) is 0 Å². The van der Waals surface area contributed by atoms with Crippen molar-refractivity contribution < 1.29 is 4.74 Å². The van der Waals surface area contributed by atoms with Crippen molar-refractivity contribution in [3.63, 3.8) is 0 Å². The van der Waals surface area contributed by atoms with Gasteiger partial charge in [-0.1, -0.05) is 57.3 Å². The Bertz CT molecular complexity index is 586. The summed E-state index contributed by atoms with van der Waals surface area (Å²) in [4.78, 5) is 0. The largest absolute Gasteiger partial charge is 0.496 e. The highest BCUT2D eigenvalue weighted by Gasteiger charge is 2.16. The summed E-state index contributed by atoms with van der Waals surface area (Å²) in [6.07, 6.45) is 0.818. The molecule has 4 heteroatoms. The smallest absolute Gasteiger partial charge is 0.122 e. The third-order valence-corrected chi connectivity index (χ3v) is 4.60. The molecule has 0 N–H and O–H groups in total. The van der Waals surface area contributed by atoms with Crippen molar-refractivity contribution in [3.05, 3.63) is 63.6 Å². The molecule has 2 rings (SSSR count). The second kappa shape index (κ2) is 7.35. The third kappa shape index (κ3) is 3.69. The number of methoxy groups -OCH3 is 1. The molecule has 1 unspecified atom stereocenters. The number of rotatable bonds is 5. The molecular formula is C16H15BrCl2O. The molecule has 0 amide bonds. The Hall–Kier alpha value is -0.700. The Kier molecular flexibility index (Phi) is 5.76. The van der Waals surface area contributed by atoms with E-state index < -0.39 is 0 Å². The highest BCUT2D eigenvalue weighted by Crippen LogP contribution is 2.32. The molecule has 0 radical (unpaired) electrons. The zero-order chi connectivity index (χ0) is 14.5. The number of benzene rings is 2. The first kappa shape index (κ1) is 15.7. The Labute approximate surface area is 138 Å². The molecule has 20 heavy (non-hydrogen) atoms. The summed E-state index contributed by atoms with van der Waals surface area (Å²) in [5.74, 6) is 1.13. The maximum Gasteiger partial charge on any atom is 0.122 e. The lowest BCUT2D eigenvalue weighted by molar-refractivity contribution is 0.408. The number of halogens is 3. The lowest BCUT2D eigenvalue weighted by Crippen LogP contribution is -2.06. The van der Waals surface area contributed by atoms with Gasteiger partial charge >= 0.3 is 0 Å². The molecule has 1 nitrogen and oxygen atoms in total. The molecule has 0 saturated carbocycles. The van der Waals surface area contributed by atoms with Gasteiger partial charge in [0.2, 0.25) is 0 Å². The van der Waals surface area contributed by atoms with E-state index in [9.17, 15) is 0 Å². The Morgan fingerprint density at radius 1 is 1.15 bits per heavy atom. The highest BCUT2D eigenvalue weighted by atomic mass is 79.9. The van der Waals surface area contributed by atoms with Crippen molar-refractivity contribution >= 4 is 39.1 Å². The molecule has 0 saturated heterocycles. The van der Waals surface area contributed by atoms with Crippen LogP contribution >= 0.6 is 39.1 Å². The van der Waals surface area contributed by atoms with Crippen LogP contribution in [0.4, 0.5) is 0 Å². The van der Waals surface area contributed by atoms with Crippen LogP contribution in [0.5, 0.6) is 5.75 Å². The lowest BCUT2D eigenvalue weighted by atomic mass is 9.93. The van der Waals surface area contributed by atoms with Gasteiger partial charge in [-0.3, -0.25) is 0 Å². The number of hydrogen-bond donors (Lipinski definition) is 0. The minimum absolute atomic E-state index is 0.274. The van der Waals surface area contributed by atoms with E-state index in [2.05, 4.69) is 22.0 Å². The predicted molar refractivity (Wildman–Crippen MR) is 89.7 cm³/mol. The molecule has 2 aromatic carbocycles. The highest BCUT2D eigenvalue weighted by molar-refractivity contribution is 9.09. The van der Waals surface area contributed by atoms with E-state index >= 15 is 0 Å². The molecule has 0 bridgehead atoms. The molecule has 0 aromatic heterocycles. The molecule has 0 heterocycles. The van der Waals surface area contributed by atoms with Gasteiger partial charge in [-0.25, -0.2) is 0 Å². The first-order valence-corrected chi connectivity index (χ1v) is 8.16. The van der Waals surface area contributed by atoms with E-state index in [4.69, 9.17) is 27.9 Å². The van der Waals surface area contributed by atoms with Crippen LogP contribution in [0.15, 0.2) is 42.5 Å². The summed E-state index contributed by atoms with van der Waals surface area (Å²) in [5.41, 5.74) is 2.22. The number of ether oxygens (including phenoxy) is 1. The second-order valence-corrected chi connectivity index (χ2v) is 6.02. The van der Waals surface area contributed by atoms with Gasteiger partial charge in [0, 0.05) is 15.4 Å². The molecule has 0 aliphatic heterocycles. The third-order valence-electron chi connectivity index (χ3n) is 3.24. The van der Waals surface area contributed by atoms with Gasteiger partial charge in [0.05, 0.1) is 7.11 Å². The SMILES string of the molecule is COc1ccc(Cl)cc1CC(CBr)c1ccccc1Cl. The maximum absolute atomic E-state index is 6.29. The van der Waals surface area contributed by atoms with Gasteiger partial charge in [-0.15, -0.1) is 0 Å². The minimum atomic E-state index is 0.274. The van der Waals surface area contributed by atoms with E-state index in [0.717, 1.165) is 33.6 Å². The van der Waals surface area contributed by atoms with Crippen LogP contribution in [0.1, 0.15) is 17.0 Å². The molecular weight excluding hydrogens is 359 g/mol. The van der Waals surface area contributed by atoms with Crippen molar-refractivity contribution in [3.8, 4) is 5.75 Å². The average molecular weight is 374 g/mol. The summed E-state index contributed by atoms with van der Waals surface area (Å²) in [7, 11) is 1.67. The van der Waals surface area contributed by atoms with Gasteiger partial charge < -0.3 is 4.74 Å². The number of hydrogen-bond acceptors (Lipinski definition) is 1. The maximum atomic E-state index is 6.29. The summed E-state index contributed by atoms with van der Waals surface area (Å²) >= 11 is 16.0. The van der Waals surface area contributed by atoms with Crippen LogP contribution in [-0.4, -0.2) is 12.4 Å². The Morgan fingerprint density at radius 3 is 2.55 bits per heavy atom. The molecule has 106 valence electrons. The van der Waals surface area contributed by atoms with Crippen LogP contribution in [0.2, 0.25) is 10.0 Å². The topological polar surface area (TPSA) is 9.23 Å². The van der Waals surface area contributed by atoms with Gasteiger partial charge in [-0.2, -0.15) is 0 Å². The Morgan fingerprint density at radius 2 is 1.90 bits per heavy atom. The minimum Gasteiger partial charge on any atom is -0.496 e. The predicted octanol–water partition coefficient (Wildman–Crippen LogP) is 5.72. The zero-order valence-corrected chi connectivity index (χ0v) is 14.2. The van der Waals surface area contributed by atoms with Crippen molar-refractivity contribution in [1.29, 1.82) is 0 Å². The standard InChI is InChI=1S/C16H15BrCl2O/c1-20-16-7-6-13(18)9-11(16)8-12(10-17)14-4-2-3-5-15(14)19/h2-7,9,12H,8,10H2,1H3. The normalized spacial score (nSPS) is 12.2. The fraction of sp³-hybridized carbons (Fsp3) is 0.250. The first-order valence-electron chi connectivity index (χ1n) is 6.28. The van der Waals surface area contributed by atoms with Gasteiger partial charge in [0.25, 0.3) is 0 Å². The lowest BCUT2D eigenvalue weighted by Gasteiger charge is -2.18. The molecule has 0 aliphatic rings. The van der Waals surface area contributed by atoms with E-state index in [0.29, 0.717) is 5.02 Å². The quantitative estimate of drug-likeness (QED) is 0.608. The van der Waals surface area contributed by atoms with E-state index in [1.54, 1.807) is 7.11 Å². The first-order chi connectivity index (χ1) is 9.65. The molecule has 0 fully saturated rings. The van der Waals surface area contributed by atoms with Crippen LogP contribution in [0.3, 0.4) is 0 Å². The van der Waals surface area contributed by atoms with E-state index in [1.807, 2.05) is 36.4 Å². The second-order valence-electron chi connectivity index (χ2n) is 4.53. The molecule has 1 atom stereocenters. The van der Waals surface area contributed by atoms with Crippen molar-refractivity contribution in [2.24, 2.45) is 0 Å². The molecule has 0 spiro atoms. The van der Waals surface area contributed by atoms with Gasteiger partial charge in [0.1, 0.15) is 5.75 Å².